The first kappa shape index (κ1) is 22.8. The minimum Gasteiger partial charge on any atom is -0.491 e. The Morgan fingerprint density at radius 2 is 1.52 bits per heavy atom. The van der Waals surface area contributed by atoms with E-state index in [2.05, 4.69) is 24.0 Å². The van der Waals surface area contributed by atoms with Gasteiger partial charge in [-0.1, -0.05) is 54.6 Å². The van der Waals surface area contributed by atoms with E-state index >= 15 is 0 Å². The molecule has 1 N–H and O–H groups in total. The SMILES string of the molecule is Cc1ccccc1CN(Cc1ccccc1)CC(O)COc1ccc(C(F)(F)F)cc1. The Kier molecular flexibility index (Phi) is 7.71. The Labute approximate surface area is 180 Å². The Hall–Kier alpha value is -2.83. The third-order valence-corrected chi connectivity index (χ3v) is 5.00. The van der Waals surface area contributed by atoms with E-state index in [9.17, 15) is 18.3 Å². The molecule has 3 aromatic carbocycles. The Morgan fingerprint density at radius 1 is 0.871 bits per heavy atom. The molecule has 0 spiro atoms. The first-order chi connectivity index (χ1) is 14.8. The summed E-state index contributed by atoms with van der Waals surface area (Å²) in [6.07, 6.45) is -5.18. The topological polar surface area (TPSA) is 32.7 Å². The van der Waals surface area contributed by atoms with Gasteiger partial charge in [0.2, 0.25) is 0 Å². The monoisotopic (exact) mass is 429 g/mol. The van der Waals surface area contributed by atoms with Crippen LogP contribution in [-0.2, 0) is 19.3 Å². The minimum atomic E-state index is -4.38. The molecular formula is C25H26F3NO2. The number of aryl methyl sites for hydroxylation is 1. The van der Waals surface area contributed by atoms with E-state index in [0.717, 1.165) is 17.7 Å². The fourth-order valence-electron chi connectivity index (χ4n) is 3.34. The molecule has 0 aliphatic heterocycles. The molecule has 6 heteroatoms. The number of benzene rings is 3. The van der Waals surface area contributed by atoms with Crippen molar-refractivity contribution in [3.8, 4) is 5.75 Å². The number of ether oxygens (including phenoxy) is 1. The van der Waals surface area contributed by atoms with Gasteiger partial charge in [0.15, 0.2) is 0 Å². The summed E-state index contributed by atoms with van der Waals surface area (Å²) in [6, 6.07) is 22.6. The molecule has 1 unspecified atom stereocenters. The van der Waals surface area contributed by atoms with E-state index in [1.54, 1.807) is 0 Å². The lowest BCUT2D eigenvalue weighted by molar-refractivity contribution is -0.137. The Morgan fingerprint density at radius 3 is 2.16 bits per heavy atom. The van der Waals surface area contributed by atoms with Crippen molar-refractivity contribution in [2.75, 3.05) is 13.2 Å². The van der Waals surface area contributed by atoms with Gasteiger partial charge in [-0.05, 0) is 47.9 Å². The third-order valence-electron chi connectivity index (χ3n) is 5.00. The molecule has 0 bridgehead atoms. The van der Waals surface area contributed by atoms with Crippen LogP contribution >= 0.6 is 0 Å². The zero-order valence-corrected chi connectivity index (χ0v) is 17.3. The van der Waals surface area contributed by atoms with E-state index in [4.69, 9.17) is 4.74 Å². The molecule has 0 heterocycles. The van der Waals surface area contributed by atoms with Crippen LogP contribution in [0.2, 0.25) is 0 Å². The highest BCUT2D eigenvalue weighted by Gasteiger charge is 2.30. The van der Waals surface area contributed by atoms with Crippen molar-refractivity contribution in [2.45, 2.75) is 32.3 Å². The van der Waals surface area contributed by atoms with Crippen LogP contribution in [0.3, 0.4) is 0 Å². The highest BCUT2D eigenvalue weighted by atomic mass is 19.4. The third kappa shape index (κ3) is 7.12. The van der Waals surface area contributed by atoms with Crippen LogP contribution in [-0.4, -0.2) is 29.3 Å². The summed E-state index contributed by atoms with van der Waals surface area (Å²) in [4.78, 5) is 2.14. The van der Waals surface area contributed by atoms with E-state index in [1.807, 2.05) is 42.5 Å². The molecular weight excluding hydrogens is 403 g/mol. The lowest BCUT2D eigenvalue weighted by Crippen LogP contribution is -2.35. The van der Waals surface area contributed by atoms with Crippen molar-refractivity contribution in [3.63, 3.8) is 0 Å². The van der Waals surface area contributed by atoms with Gasteiger partial charge in [-0.3, -0.25) is 4.90 Å². The minimum absolute atomic E-state index is 0.00950. The number of rotatable bonds is 9. The van der Waals surface area contributed by atoms with Gasteiger partial charge in [0.1, 0.15) is 18.5 Å². The average molecular weight is 429 g/mol. The number of alkyl halides is 3. The van der Waals surface area contributed by atoms with Crippen molar-refractivity contribution >= 4 is 0 Å². The predicted octanol–water partition coefficient (Wildman–Crippen LogP) is 5.46. The van der Waals surface area contributed by atoms with Gasteiger partial charge in [-0.15, -0.1) is 0 Å². The fourth-order valence-corrected chi connectivity index (χ4v) is 3.34. The molecule has 3 rings (SSSR count). The van der Waals surface area contributed by atoms with E-state index in [1.165, 1.54) is 23.3 Å². The maximum Gasteiger partial charge on any atom is 0.416 e. The number of aliphatic hydroxyl groups excluding tert-OH is 1. The first-order valence-electron chi connectivity index (χ1n) is 10.1. The average Bonchev–Trinajstić information content (AvgIpc) is 2.74. The predicted molar refractivity (Wildman–Crippen MR) is 115 cm³/mol. The lowest BCUT2D eigenvalue weighted by atomic mass is 10.1. The molecule has 0 saturated carbocycles. The second-order valence-corrected chi connectivity index (χ2v) is 7.57. The molecule has 0 aliphatic carbocycles. The van der Waals surface area contributed by atoms with Crippen LogP contribution in [0.1, 0.15) is 22.3 Å². The largest absolute Gasteiger partial charge is 0.491 e. The van der Waals surface area contributed by atoms with Crippen LogP contribution in [0.5, 0.6) is 5.75 Å². The molecule has 0 aliphatic rings. The highest BCUT2D eigenvalue weighted by molar-refractivity contribution is 5.29. The molecule has 0 amide bonds. The van der Waals surface area contributed by atoms with Crippen molar-refractivity contribution in [1.82, 2.24) is 4.90 Å². The summed E-state index contributed by atoms with van der Waals surface area (Å²) in [5.41, 5.74) is 2.75. The summed E-state index contributed by atoms with van der Waals surface area (Å²) in [5, 5.41) is 10.5. The van der Waals surface area contributed by atoms with Crippen LogP contribution < -0.4 is 4.74 Å². The van der Waals surface area contributed by atoms with Crippen LogP contribution in [0.4, 0.5) is 13.2 Å². The zero-order valence-electron chi connectivity index (χ0n) is 17.3. The highest BCUT2D eigenvalue weighted by Crippen LogP contribution is 2.30. The van der Waals surface area contributed by atoms with Crippen LogP contribution in [0.15, 0.2) is 78.9 Å². The van der Waals surface area contributed by atoms with Crippen molar-refractivity contribution < 1.29 is 23.0 Å². The molecule has 0 saturated heterocycles. The molecule has 0 fully saturated rings. The smallest absolute Gasteiger partial charge is 0.416 e. The van der Waals surface area contributed by atoms with Gasteiger partial charge < -0.3 is 9.84 Å². The standard InChI is InChI=1S/C25H26F3NO2/c1-19-7-5-6-10-21(19)16-29(15-20-8-3-2-4-9-20)17-23(30)18-31-24-13-11-22(12-14-24)25(26,27)28/h2-14,23,30H,15-18H2,1H3. The zero-order chi connectivity index (χ0) is 22.3. The van der Waals surface area contributed by atoms with Gasteiger partial charge in [-0.25, -0.2) is 0 Å². The van der Waals surface area contributed by atoms with E-state index < -0.39 is 17.8 Å². The summed E-state index contributed by atoms with van der Waals surface area (Å²) in [7, 11) is 0. The summed E-state index contributed by atoms with van der Waals surface area (Å²) < 4.78 is 43.5. The maximum absolute atomic E-state index is 12.7. The summed E-state index contributed by atoms with van der Waals surface area (Å²) >= 11 is 0. The fraction of sp³-hybridized carbons (Fsp3) is 0.280. The molecule has 1 atom stereocenters. The normalized spacial score (nSPS) is 12.7. The molecule has 3 aromatic rings. The van der Waals surface area contributed by atoms with Gasteiger partial charge in [0.25, 0.3) is 0 Å². The van der Waals surface area contributed by atoms with Crippen molar-refractivity contribution in [2.24, 2.45) is 0 Å². The van der Waals surface area contributed by atoms with E-state index in [-0.39, 0.29) is 6.61 Å². The second kappa shape index (κ2) is 10.5. The number of hydrogen-bond acceptors (Lipinski definition) is 3. The first-order valence-corrected chi connectivity index (χ1v) is 10.1. The number of halogens is 3. The van der Waals surface area contributed by atoms with Gasteiger partial charge in [0.05, 0.1) is 5.56 Å². The lowest BCUT2D eigenvalue weighted by Gasteiger charge is -2.26. The van der Waals surface area contributed by atoms with Crippen LogP contribution in [0, 0.1) is 6.92 Å². The summed E-state index contributed by atoms with van der Waals surface area (Å²) in [6.45, 7) is 3.74. The molecule has 0 radical (unpaired) electrons. The number of hydrogen-bond donors (Lipinski definition) is 1. The summed E-state index contributed by atoms with van der Waals surface area (Å²) in [5.74, 6) is 0.292. The second-order valence-electron chi connectivity index (χ2n) is 7.57. The van der Waals surface area contributed by atoms with Gasteiger partial charge in [-0.2, -0.15) is 13.2 Å². The quantitative estimate of drug-likeness (QED) is 0.491. The maximum atomic E-state index is 12.7. The number of aliphatic hydroxyl groups is 1. The Balaban J connectivity index is 1.62. The van der Waals surface area contributed by atoms with Crippen LogP contribution in [0.25, 0.3) is 0 Å². The Bertz CT molecular complexity index is 943. The van der Waals surface area contributed by atoms with E-state index in [0.29, 0.717) is 25.4 Å². The number of nitrogens with zero attached hydrogens (tertiary/aromatic N) is 1. The molecule has 0 aromatic heterocycles. The molecule has 3 nitrogen and oxygen atoms in total. The molecule has 31 heavy (non-hydrogen) atoms. The van der Waals surface area contributed by atoms with Crippen molar-refractivity contribution in [3.05, 3.63) is 101 Å². The van der Waals surface area contributed by atoms with Gasteiger partial charge >= 0.3 is 6.18 Å². The molecule has 164 valence electrons. The van der Waals surface area contributed by atoms with Gasteiger partial charge in [0, 0.05) is 19.6 Å². The van der Waals surface area contributed by atoms with Crippen molar-refractivity contribution in [1.29, 1.82) is 0 Å².